The molecule has 0 amide bonds. The smallest absolute Gasteiger partial charge is 0.0594 e. The van der Waals surface area contributed by atoms with Crippen molar-refractivity contribution in [2.45, 2.75) is 105 Å². The fourth-order valence-corrected chi connectivity index (χ4v) is 9.25. The molecule has 2 nitrogen and oxygen atoms in total. The van der Waals surface area contributed by atoms with Gasteiger partial charge in [-0.25, -0.2) is 0 Å². The molecule has 31 heavy (non-hydrogen) atoms. The molecule has 1 saturated carbocycles. The van der Waals surface area contributed by atoms with Crippen molar-refractivity contribution in [3.8, 4) is 0 Å². The van der Waals surface area contributed by atoms with E-state index in [0.29, 0.717) is 16.7 Å². The molecule has 1 heterocycles. The summed E-state index contributed by atoms with van der Waals surface area (Å²) in [5.74, 6) is 2.23. The average molecular weight is 426 g/mol. The second-order valence-corrected chi connectivity index (χ2v) is 13.1. The Morgan fingerprint density at radius 2 is 1.74 bits per heavy atom. The molecule has 0 aromatic carbocycles. The second-order valence-electron chi connectivity index (χ2n) is 13.1. The Labute approximate surface area is 191 Å². The van der Waals surface area contributed by atoms with Crippen molar-refractivity contribution in [2.24, 2.45) is 34.0 Å². The van der Waals surface area contributed by atoms with Gasteiger partial charge in [0.05, 0.1) is 6.10 Å². The highest BCUT2D eigenvalue weighted by Crippen LogP contribution is 2.66. The minimum Gasteiger partial charge on any atom is -0.393 e. The molecule has 0 aromatic heterocycles. The molecule has 5 aliphatic rings. The zero-order valence-corrected chi connectivity index (χ0v) is 21.0. The largest absolute Gasteiger partial charge is 0.393 e. The van der Waals surface area contributed by atoms with Crippen molar-refractivity contribution in [1.82, 2.24) is 4.90 Å². The van der Waals surface area contributed by atoms with E-state index in [4.69, 9.17) is 0 Å². The van der Waals surface area contributed by atoms with Crippen LogP contribution in [0, 0.1) is 34.0 Å². The van der Waals surface area contributed by atoms with Crippen molar-refractivity contribution in [2.75, 3.05) is 19.6 Å². The van der Waals surface area contributed by atoms with Gasteiger partial charge in [-0.15, -0.1) is 0 Å². The summed E-state index contributed by atoms with van der Waals surface area (Å²) in [7, 11) is 0. The lowest BCUT2D eigenvalue weighted by Gasteiger charge is -2.59. The molecule has 2 fully saturated rings. The molecule has 174 valence electrons. The minimum atomic E-state index is -0.132. The summed E-state index contributed by atoms with van der Waals surface area (Å²) in [5, 5.41) is 10.8. The third-order valence-corrected chi connectivity index (χ3v) is 11.1. The number of fused-ring (bicyclic) bond motifs is 4. The summed E-state index contributed by atoms with van der Waals surface area (Å²) in [6, 6.07) is 0. The van der Waals surface area contributed by atoms with Gasteiger partial charge < -0.3 is 10.0 Å². The lowest BCUT2D eigenvalue weighted by Crippen LogP contribution is -2.53. The number of allylic oxidation sites excluding steroid dienone is 4. The highest BCUT2D eigenvalue weighted by atomic mass is 16.3. The van der Waals surface area contributed by atoms with Crippen LogP contribution in [0.25, 0.3) is 0 Å². The van der Waals surface area contributed by atoms with Crippen LogP contribution in [-0.2, 0) is 0 Å². The first kappa shape index (κ1) is 22.2. The summed E-state index contributed by atoms with van der Waals surface area (Å²) in [4.78, 5) is 2.75. The van der Waals surface area contributed by atoms with Gasteiger partial charge >= 0.3 is 0 Å². The molecule has 0 bridgehead atoms. The first-order chi connectivity index (χ1) is 14.7. The summed E-state index contributed by atoms with van der Waals surface area (Å²) >= 11 is 0. The number of aliphatic hydroxyl groups excluding tert-OH is 1. The van der Waals surface area contributed by atoms with Crippen molar-refractivity contribution in [3.63, 3.8) is 0 Å². The summed E-state index contributed by atoms with van der Waals surface area (Å²) in [6.45, 7) is 16.4. The Bertz CT molecular complexity index is 772. The first-order valence-electron chi connectivity index (χ1n) is 13.5. The van der Waals surface area contributed by atoms with Gasteiger partial charge in [0.2, 0.25) is 0 Å². The van der Waals surface area contributed by atoms with Gasteiger partial charge in [0.1, 0.15) is 0 Å². The van der Waals surface area contributed by atoms with Crippen LogP contribution in [-0.4, -0.2) is 35.7 Å². The van der Waals surface area contributed by atoms with E-state index in [1.165, 1.54) is 77.4 Å². The maximum atomic E-state index is 10.8. The molecule has 0 unspecified atom stereocenters. The van der Waals surface area contributed by atoms with E-state index < -0.39 is 0 Å². The van der Waals surface area contributed by atoms with Crippen molar-refractivity contribution >= 4 is 0 Å². The summed E-state index contributed by atoms with van der Waals surface area (Å²) in [6.07, 6.45) is 15.4. The van der Waals surface area contributed by atoms with Crippen LogP contribution in [0.4, 0.5) is 0 Å². The maximum Gasteiger partial charge on any atom is 0.0594 e. The molecule has 0 radical (unpaired) electrons. The molecule has 1 aliphatic heterocycles. The fourth-order valence-electron chi connectivity index (χ4n) is 9.25. The predicted molar refractivity (Wildman–Crippen MR) is 130 cm³/mol. The number of likely N-dealkylation sites (tertiary alicyclic amines) is 1. The van der Waals surface area contributed by atoms with Crippen molar-refractivity contribution < 1.29 is 5.11 Å². The maximum absolute atomic E-state index is 10.8. The van der Waals surface area contributed by atoms with Gasteiger partial charge in [-0.3, -0.25) is 0 Å². The number of hydrogen-bond donors (Lipinski definition) is 1. The van der Waals surface area contributed by atoms with Crippen LogP contribution in [0.2, 0.25) is 0 Å². The number of hydrogen-bond acceptors (Lipinski definition) is 2. The monoisotopic (exact) mass is 425 g/mol. The highest BCUT2D eigenvalue weighted by Gasteiger charge is 2.57. The number of nitrogens with zero attached hydrogens (tertiary/aromatic N) is 1. The standard InChI is InChI=1S/C29H47NO/c1-20(19-30-17-7-6-8-18-30)22-10-11-23-21-9-12-25-27(2,3)26(31)14-16-29(25,5)24(21)13-15-28(22,23)4/h11,20,22,25-26,31H,6-10,12-19H2,1-5H3/t20-,22+,25-,26-,28+,29+/m0/s1. The third-order valence-electron chi connectivity index (χ3n) is 11.1. The molecular formula is C29H47NO. The van der Waals surface area contributed by atoms with E-state index in [1.807, 2.05) is 0 Å². The normalized spacial score (nSPS) is 43.7. The van der Waals surface area contributed by atoms with Gasteiger partial charge in [-0.1, -0.05) is 52.7 Å². The average Bonchev–Trinajstić information content (AvgIpc) is 3.09. The van der Waals surface area contributed by atoms with E-state index in [2.05, 4.69) is 45.6 Å². The zero-order chi connectivity index (χ0) is 22.0. The molecule has 5 rings (SSSR count). The number of aliphatic hydroxyl groups is 1. The summed E-state index contributed by atoms with van der Waals surface area (Å²) in [5.41, 5.74) is 6.07. The quantitative estimate of drug-likeness (QED) is 0.540. The van der Waals surface area contributed by atoms with Gasteiger partial charge in [0.25, 0.3) is 0 Å². The molecule has 4 aliphatic carbocycles. The van der Waals surface area contributed by atoms with Crippen LogP contribution in [0.3, 0.4) is 0 Å². The fraction of sp³-hybridized carbons (Fsp3) is 0.862. The van der Waals surface area contributed by atoms with Crippen LogP contribution < -0.4 is 0 Å². The molecule has 1 saturated heterocycles. The van der Waals surface area contributed by atoms with E-state index >= 15 is 0 Å². The lowest BCUT2D eigenvalue weighted by atomic mass is 9.46. The lowest BCUT2D eigenvalue weighted by molar-refractivity contribution is -0.0905. The molecule has 0 spiro atoms. The highest BCUT2D eigenvalue weighted by molar-refractivity contribution is 5.49. The van der Waals surface area contributed by atoms with Gasteiger partial charge in [-0.05, 0) is 116 Å². The first-order valence-corrected chi connectivity index (χ1v) is 13.5. The minimum absolute atomic E-state index is 0.0435. The Kier molecular flexibility index (Phi) is 5.53. The van der Waals surface area contributed by atoms with Crippen molar-refractivity contribution in [3.05, 3.63) is 22.8 Å². The molecule has 0 aromatic rings. The SMILES string of the molecule is C[C@@H](CN1CCCCC1)[C@H]1CC=C2C3=C(CC[C@@]21C)[C@@]1(C)CC[C@H](O)C(C)(C)[C@@H]1CC3. The van der Waals surface area contributed by atoms with E-state index in [-0.39, 0.29) is 11.5 Å². The van der Waals surface area contributed by atoms with Crippen molar-refractivity contribution in [1.29, 1.82) is 0 Å². The van der Waals surface area contributed by atoms with Crippen LogP contribution in [0.15, 0.2) is 22.8 Å². The van der Waals surface area contributed by atoms with Gasteiger partial charge in [0.15, 0.2) is 0 Å². The van der Waals surface area contributed by atoms with Crippen LogP contribution in [0.1, 0.15) is 98.8 Å². The predicted octanol–water partition coefficient (Wildman–Crippen LogP) is 6.75. The topological polar surface area (TPSA) is 23.5 Å². The van der Waals surface area contributed by atoms with Crippen LogP contribution in [0.5, 0.6) is 0 Å². The Balaban J connectivity index is 1.40. The van der Waals surface area contributed by atoms with Crippen LogP contribution >= 0.6 is 0 Å². The molecule has 1 N–H and O–H groups in total. The Morgan fingerprint density at radius 1 is 1.00 bits per heavy atom. The second kappa shape index (κ2) is 7.73. The molecule has 6 atom stereocenters. The number of rotatable bonds is 3. The molecular weight excluding hydrogens is 378 g/mol. The van der Waals surface area contributed by atoms with E-state index in [1.54, 1.807) is 16.7 Å². The van der Waals surface area contributed by atoms with Gasteiger partial charge in [-0.2, -0.15) is 0 Å². The number of piperidine rings is 1. The Morgan fingerprint density at radius 3 is 2.48 bits per heavy atom. The zero-order valence-electron chi connectivity index (χ0n) is 21.0. The molecule has 2 heteroatoms. The van der Waals surface area contributed by atoms with E-state index in [0.717, 1.165) is 18.3 Å². The summed E-state index contributed by atoms with van der Waals surface area (Å²) < 4.78 is 0. The Hall–Kier alpha value is -0.600. The third kappa shape index (κ3) is 3.33. The van der Waals surface area contributed by atoms with Gasteiger partial charge in [0, 0.05) is 6.54 Å². The van der Waals surface area contributed by atoms with E-state index in [9.17, 15) is 5.11 Å².